The Morgan fingerprint density at radius 2 is 2.17 bits per heavy atom. The van der Waals surface area contributed by atoms with Crippen LogP contribution >= 0.6 is 11.3 Å². The molecule has 23 heavy (non-hydrogen) atoms. The van der Waals surface area contributed by atoms with Gasteiger partial charge >= 0.3 is 0 Å². The number of benzene rings is 1. The van der Waals surface area contributed by atoms with Crippen LogP contribution in [0.3, 0.4) is 0 Å². The fourth-order valence-corrected chi connectivity index (χ4v) is 4.67. The van der Waals surface area contributed by atoms with Gasteiger partial charge in [0.05, 0.1) is 23.9 Å². The van der Waals surface area contributed by atoms with Crippen LogP contribution in [0, 0.1) is 11.3 Å². The number of aromatic nitrogens is 2. The van der Waals surface area contributed by atoms with Crippen molar-refractivity contribution in [2.75, 3.05) is 6.79 Å². The minimum Gasteiger partial charge on any atom is -0.454 e. The zero-order valence-electron chi connectivity index (χ0n) is 12.3. The van der Waals surface area contributed by atoms with E-state index in [4.69, 9.17) is 14.5 Å². The number of thiazole rings is 1. The molecule has 6 heteroatoms. The van der Waals surface area contributed by atoms with Crippen molar-refractivity contribution in [3.63, 3.8) is 0 Å². The molecule has 0 saturated heterocycles. The molecule has 0 amide bonds. The van der Waals surface area contributed by atoms with Crippen LogP contribution in [0.4, 0.5) is 0 Å². The molecule has 5 nitrogen and oxygen atoms in total. The van der Waals surface area contributed by atoms with Gasteiger partial charge in [0.25, 0.3) is 0 Å². The van der Waals surface area contributed by atoms with Crippen molar-refractivity contribution >= 4 is 16.3 Å². The molecule has 114 valence electrons. The van der Waals surface area contributed by atoms with E-state index in [-0.39, 0.29) is 6.79 Å². The molecule has 0 radical (unpaired) electrons. The molecule has 0 saturated carbocycles. The Labute approximate surface area is 136 Å². The van der Waals surface area contributed by atoms with E-state index in [1.807, 2.05) is 18.2 Å². The highest BCUT2D eigenvalue weighted by atomic mass is 32.1. The average Bonchev–Trinajstić information content (AvgIpc) is 3.27. The minimum atomic E-state index is 0.260. The first-order valence-corrected chi connectivity index (χ1v) is 8.45. The lowest BCUT2D eigenvalue weighted by Gasteiger charge is -2.04. The van der Waals surface area contributed by atoms with Gasteiger partial charge in [-0.3, -0.25) is 4.40 Å². The second-order valence-electron chi connectivity index (χ2n) is 5.75. The number of imidazole rings is 1. The van der Waals surface area contributed by atoms with E-state index in [9.17, 15) is 5.26 Å². The van der Waals surface area contributed by atoms with E-state index < -0.39 is 0 Å². The van der Waals surface area contributed by atoms with Crippen LogP contribution in [0.5, 0.6) is 11.5 Å². The number of nitrogens with zero attached hydrogens (tertiary/aromatic N) is 3. The fraction of sp³-hybridized carbons (Fsp3) is 0.294. The summed E-state index contributed by atoms with van der Waals surface area (Å²) in [6.07, 6.45) is 3.76. The molecule has 1 aromatic carbocycles. The topological polar surface area (TPSA) is 59.5 Å². The first kappa shape index (κ1) is 13.0. The van der Waals surface area contributed by atoms with Gasteiger partial charge in [0.1, 0.15) is 0 Å². The zero-order chi connectivity index (χ0) is 15.4. The summed E-state index contributed by atoms with van der Waals surface area (Å²) in [5.74, 6) is 1.50. The summed E-state index contributed by atoms with van der Waals surface area (Å²) in [7, 11) is 0. The number of aryl methyl sites for hydroxylation is 2. The molecule has 0 N–H and O–H groups in total. The highest BCUT2D eigenvalue weighted by Crippen LogP contribution is 2.39. The van der Waals surface area contributed by atoms with Crippen LogP contribution in [0.2, 0.25) is 0 Å². The molecule has 1 aliphatic carbocycles. The number of nitriles is 1. The van der Waals surface area contributed by atoms with Gasteiger partial charge in [-0.05, 0) is 37.5 Å². The van der Waals surface area contributed by atoms with E-state index in [1.165, 1.54) is 17.0 Å². The van der Waals surface area contributed by atoms with Crippen LogP contribution < -0.4 is 9.47 Å². The number of hydrogen-bond donors (Lipinski definition) is 0. The number of fused-ring (bicyclic) bond motifs is 4. The van der Waals surface area contributed by atoms with Gasteiger partial charge in [-0.15, -0.1) is 11.3 Å². The third kappa shape index (κ3) is 1.80. The smallest absolute Gasteiger partial charge is 0.231 e. The largest absolute Gasteiger partial charge is 0.454 e. The van der Waals surface area contributed by atoms with Gasteiger partial charge in [0.2, 0.25) is 6.79 Å². The second-order valence-corrected chi connectivity index (χ2v) is 6.82. The van der Waals surface area contributed by atoms with Gasteiger partial charge in [0, 0.05) is 16.1 Å². The normalized spacial score (nSPS) is 15.1. The first-order valence-electron chi connectivity index (χ1n) is 7.64. The fourth-order valence-electron chi connectivity index (χ4n) is 3.45. The molecule has 1 aliphatic heterocycles. The van der Waals surface area contributed by atoms with Crippen molar-refractivity contribution in [3.05, 3.63) is 34.5 Å². The van der Waals surface area contributed by atoms with E-state index in [0.717, 1.165) is 46.3 Å². The maximum Gasteiger partial charge on any atom is 0.231 e. The highest BCUT2D eigenvalue weighted by Gasteiger charge is 2.25. The Hall–Kier alpha value is -2.52. The maximum absolute atomic E-state index is 9.28. The Morgan fingerprint density at radius 1 is 1.26 bits per heavy atom. The SMILES string of the molecule is N#CCc1c(-c2ccc3c(c2)OCO3)nc2sc3c(n12)CCC3. The van der Waals surface area contributed by atoms with Crippen molar-refractivity contribution < 1.29 is 9.47 Å². The zero-order valence-corrected chi connectivity index (χ0v) is 13.2. The van der Waals surface area contributed by atoms with Gasteiger partial charge in [-0.25, -0.2) is 4.98 Å². The molecular weight excluding hydrogens is 310 g/mol. The Morgan fingerprint density at radius 3 is 3.09 bits per heavy atom. The Bertz CT molecular complexity index is 980. The Kier molecular flexibility index (Phi) is 2.67. The third-order valence-corrected chi connectivity index (χ3v) is 5.60. The van der Waals surface area contributed by atoms with Gasteiger partial charge in [-0.1, -0.05) is 0 Å². The van der Waals surface area contributed by atoms with Gasteiger partial charge in [-0.2, -0.15) is 5.26 Å². The quantitative estimate of drug-likeness (QED) is 0.725. The van der Waals surface area contributed by atoms with Gasteiger partial charge < -0.3 is 9.47 Å². The van der Waals surface area contributed by atoms with E-state index >= 15 is 0 Å². The van der Waals surface area contributed by atoms with Crippen molar-refractivity contribution in [1.82, 2.24) is 9.38 Å². The number of ether oxygens (including phenoxy) is 2. The first-order chi connectivity index (χ1) is 11.3. The molecule has 0 atom stereocenters. The number of rotatable bonds is 2. The highest BCUT2D eigenvalue weighted by molar-refractivity contribution is 7.17. The lowest BCUT2D eigenvalue weighted by molar-refractivity contribution is 0.174. The minimum absolute atomic E-state index is 0.260. The molecule has 2 aromatic heterocycles. The second kappa shape index (κ2) is 4.74. The Balaban J connectivity index is 1.73. The van der Waals surface area contributed by atoms with Crippen molar-refractivity contribution in [1.29, 1.82) is 5.26 Å². The summed E-state index contributed by atoms with van der Waals surface area (Å²) < 4.78 is 13.0. The molecule has 0 spiro atoms. The predicted molar refractivity (Wildman–Crippen MR) is 86.0 cm³/mol. The van der Waals surface area contributed by atoms with E-state index in [2.05, 4.69) is 10.5 Å². The monoisotopic (exact) mass is 323 g/mol. The summed E-state index contributed by atoms with van der Waals surface area (Å²) in [6.45, 7) is 0.260. The van der Waals surface area contributed by atoms with Crippen LogP contribution in [0.25, 0.3) is 16.2 Å². The average molecular weight is 323 g/mol. The molecule has 0 unspecified atom stereocenters. The van der Waals surface area contributed by atoms with Crippen molar-refractivity contribution in [3.8, 4) is 28.8 Å². The van der Waals surface area contributed by atoms with Gasteiger partial charge in [0.15, 0.2) is 16.5 Å². The molecular formula is C17H13N3O2S. The molecule has 2 aliphatic rings. The van der Waals surface area contributed by atoms with Crippen molar-refractivity contribution in [2.24, 2.45) is 0 Å². The third-order valence-electron chi connectivity index (χ3n) is 4.46. The molecule has 0 fully saturated rings. The maximum atomic E-state index is 9.28. The summed E-state index contributed by atoms with van der Waals surface area (Å²) in [4.78, 5) is 7.24. The lowest BCUT2D eigenvalue weighted by atomic mass is 10.1. The number of hydrogen-bond acceptors (Lipinski definition) is 5. The molecule has 3 heterocycles. The lowest BCUT2D eigenvalue weighted by Crippen LogP contribution is -1.96. The summed E-state index contributed by atoms with van der Waals surface area (Å²) in [5.41, 5.74) is 4.18. The predicted octanol–water partition coefficient (Wildman–Crippen LogP) is 3.35. The van der Waals surface area contributed by atoms with E-state index in [0.29, 0.717) is 6.42 Å². The van der Waals surface area contributed by atoms with Crippen molar-refractivity contribution in [2.45, 2.75) is 25.7 Å². The summed E-state index contributed by atoms with van der Waals surface area (Å²) in [6, 6.07) is 8.14. The molecule has 0 bridgehead atoms. The summed E-state index contributed by atoms with van der Waals surface area (Å²) >= 11 is 1.75. The molecule has 5 rings (SSSR count). The van der Waals surface area contributed by atoms with Crippen LogP contribution in [0.1, 0.15) is 22.7 Å². The summed E-state index contributed by atoms with van der Waals surface area (Å²) in [5, 5.41) is 9.28. The van der Waals surface area contributed by atoms with E-state index in [1.54, 1.807) is 11.3 Å². The standard InChI is InChI=1S/C17H13N3O2S/c18-7-6-12-16(10-4-5-13-14(8-10)22-9-21-13)19-17-20(12)11-2-1-3-15(11)23-17/h4-5,8H,1-3,6,9H2. The van der Waals surface area contributed by atoms with Crippen LogP contribution in [0.15, 0.2) is 18.2 Å². The van der Waals surface area contributed by atoms with Crippen LogP contribution in [-0.2, 0) is 19.3 Å². The van der Waals surface area contributed by atoms with Crippen LogP contribution in [-0.4, -0.2) is 16.2 Å². The molecule has 3 aromatic rings.